The molecule has 2 fully saturated rings. The molecule has 6 nitrogen and oxygen atoms in total. The summed E-state index contributed by atoms with van der Waals surface area (Å²) in [6.45, 7) is 9.30. The van der Waals surface area contributed by atoms with Gasteiger partial charge in [-0.05, 0) is 32.3 Å². The van der Waals surface area contributed by atoms with Crippen molar-refractivity contribution in [1.82, 2.24) is 14.9 Å². The number of aryl methyl sites for hydroxylation is 2. The van der Waals surface area contributed by atoms with E-state index in [2.05, 4.69) is 39.9 Å². The predicted octanol–water partition coefficient (Wildman–Crippen LogP) is 2.58. The summed E-state index contributed by atoms with van der Waals surface area (Å²) in [5.74, 6) is 2.05. The van der Waals surface area contributed by atoms with Crippen molar-refractivity contribution in [2.24, 2.45) is 0 Å². The summed E-state index contributed by atoms with van der Waals surface area (Å²) in [7, 11) is 0. The zero-order valence-electron chi connectivity index (χ0n) is 16.9. The van der Waals surface area contributed by atoms with Crippen LogP contribution in [0.25, 0.3) is 0 Å². The highest BCUT2D eigenvalue weighted by molar-refractivity contribution is 5.79. The Labute approximate surface area is 167 Å². The van der Waals surface area contributed by atoms with Gasteiger partial charge in [-0.2, -0.15) is 4.98 Å². The number of hydrogen-bond acceptors (Lipinski definition) is 5. The first-order valence-corrected chi connectivity index (χ1v) is 10.3. The maximum atomic E-state index is 12.7. The first-order chi connectivity index (χ1) is 13.6. The lowest BCUT2D eigenvalue weighted by Gasteiger charge is -2.36. The van der Waals surface area contributed by atoms with E-state index < -0.39 is 0 Å². The average Bonchev–Trinajstić information content (AvgIpc) is 3.22. The third-order valence-corrected chi connectivity index (χ3v) is 5.61. The van der Waals surface area contributed by atoms with E-state index in [9.17, 15) is 4.79 Å². The second-order valence-corrected chi connectivity index (χ2v) is 7.90. The Hall–Kier alpha value is -2.63. The molecule has 2 aromatic rings. The van der Waals surface area contributed by atoms with Gasteiger partial charge in [-0.1, -0.05) is 29.8 Å². The zero-order valence-corrected chi connectivity index (χ0v) is 16.9. The lowest BCUT2D eigenvalue weighted by atomic mass is 10.1. The summed E-state index contributed by atoms with van der Waals surface area (Å²) < 4.78 is 0. The van der Waals surface area contributed by atoms with Crippen LogP contribution in [0.2, 0.25) is 0 Å². The van der Waals surface area contributed by atoms with Crippen LogP contribution >= 0.6 is 0 Å². The molecule has 1 amide bonds. The van der Waals surface area contributed by atoms with Gasteiger partial charge in [0.15, 0.2) is 0 Å². The molecule has 28 heavy (non-hydrogen) atoms. The second kappa shape index (κ2) is 8.17. The van der Waals surface area contributed by atoms with E-state index in [1.54, 1.807) is 0 Å². The van der Waals surface area contributed by atoms with E-state index in [0.717, 1.165) is 62.3 Å². The molecule has 1 aromatic carbocycles. The van der Waals surface area contributed by atoms with Crippen LogP contribution in [-0.2, 0) is 11.2 Å². The summed E-state index contributed by atoms with van der Waals surface area (Å²) in [5.41, 5.74) is 3.29. The highest BCUT2D eigenvalue weighted by atomic mass is 16.2. The molecule has 3 heterocycles. The molecule has 148 valence electrons. The monoisotopic (exact) mass is 379 g/mol. The van der Waals surface area contributed by atoms with Crippen LogP contribution in [0.1, 0.15) is 29.7 Å². The fourth-order valence-electron chi connectivity index (χ4n) is 4.05. The van der Waals surface area contributed by atoms with Crippen LogP contribution in [0.3, 0.4) is 0 Å². The van der Waals surface area contributed by atoms with Crippen LogP contribution in [0.15, 0.2) is 30.3 Å². The van der Waals surface area contributed by atoms with Crippen LogP contribution in [0, 0.1) is 13.8 Å². The molecule has 0 atom stereocenters. The van der Waals surface area contributed by atoms with Gasteiger partial charge in [0, 0.05) is 51.0 Å². The van der Waals surface area contributed by atoms with Gasteiger partial charge in [0.2, 0.25) is 11.9 Å². The number of rotatable bonds is 4. The molecular formula is C22H29N5O. The maximum Gasteiger partial charge on any atom is 0.227 e. The van der Waals surface area contributed by atoms with Crippen molar-refractivity contribution in [2.45, 2.75) is 33.1 Å². The van der Waals surface area contributed by atoms with Crippen molar-refractivity contribution >= 4 is 17.7 Å². The van der Waals surface area contributed by atoms with Gasteiger partial charge >= 0.3 is 0 Å². The van der Waals surface area contributed by atoms with Gasteiger partial charge in [0.1, 0.15) is 5.82 Å². The summed E-state index contributed by atoms with van der Waals surface area (Å²) in [6.07, 6.45) is 2.91. The van der Waals surface area contributed by atoms with Gasteiger partial charge in [0.05, 0.1) is 6.42 Å². The predicted molar refractivity (Wildman–Crippen MR) is 112 cm³/mol. The molecule has 0 spiro atoms. The Morgan fingerprint density at radius 3 is 2.39 bits per heavy atom. The van der Waals surface area contributed by atoms with Crippen LogP contribution in [0.4, 0.5) is 11.8 Å². The smallest absolute Gasteiger partial charge is 0.227 e. The van der Waals surface area contributed by atoms with Gasteiger partial charge in [0.25, 0.3) is 0 Å². The third kappa shape index (κ3) is 4.26. The molecule has 0 unspecified atom stereocenters. The highest BCUT2D eigenvalue weighted by Crippen LogP contribution is 2.22. The number of amides is 1. The van der Waals surface area contributed by atoms with E-state index in [1.165, 1.54) is 18.4 Å². The molecule has 0 radical (unpaired) electrons. The topological polar surface area (TPSA) is 52.6 Å². The molecule has 4 rings (SSSR count). The zero-order chi connectivity index (χ0) is 19.5. The largest absolute Gasteiger partial charge is 0.353 e. The van der Waals surface area contributed by atoms with Crippen molar-refractivity contribution in [3.05, 3.63) is 47.2 Å². The van der Waals surface area contributed by atoms with Crippen LogP contribution in [0.5, 0.6) is 0 Å². The van der Waals surface area contributed by atoms with Gasteiger partial charge < -0.3 is 14.7 Å². The number of carbonyl (C=O) groups excluding carboxylic acids is 1. The van der Waals surface area contributed by atoms with Crippen molar-refractivity contribution in [2.75, 3.05) is 49.1 Å². The van der Waals surface area contributed by atoms with Gasteiger partial charge in [-0.25, -0.2) is 4.98 Å². The maximum absolute atomic E-state index is 12.7. The van der Waals surface area contributed by atoms with Crippen molar-refractivity contribution in [3.63, 3.8) is 0 Å². The minimum absolute atomic E-state index is 0.210. The molecule has 1 aromatic heterocycles. The van der Waals surface area contributed by atoms with Crippen molar-refractivity contribution < 1.29 is 4.79 Å². The van der Waals surface area contributed by atoms with E-state index in [-0.39, 0.29) is 5.91 Å². The average molecular weight is 380 g/mol. The lowest BCUT2D eigenvalue weighted by molar-refractivity contribution is -0.130. The molecule has 0 aliphatic carbocycles. The SMILES string of the molecule is Cc1cccc(CC(=O)N2CCN(c3cc(C)nc(N4CCCC4)n3)CC2)c1. The summed E-state index contributed by atoms with van der Waals surface area (Å²) in [6, 6.07) is 10.3. The normalized spacial score (nSPS) is 17.3. The first-order valence-electron chi connectivity index (χ1n) is 10.3. The molecule has 2 saturated heterocycles. The Morgan fingerprint density at radius 1 is 0.929 bits per heavy atom. The van der Waals surface area contributed by atoms with Gasteiger partial charge in [-0.15, -0.1) is 0 Å². The Kier molecular flexibility index (Phi) is 5.46. The molecule has 6 heteroatoms. The fraction of sp³-hybridized carbons (Fsp3) is 0.500. The second-order valence-electron chi connectivity index (χ2n) is 7.90. The minimum Gasteiger partial charge on any atom is -0.353 e. The molecule has 2 aliphatic rings. The van der Waals surface area contributed by atoms with E-state index in [4.69, 9.17) is 4.98 Å². The van der Waals surface area contributed by atoms with Crippen molar-refractivity contribution in [3.8, 4) is 0 Å². The van der Waals surface area contributed by atoms with Crippen LogP contribution in [-0.4, -0.2) is 60.0 Å². The number of piperazine rings is 1. The fourth-order valence-corrected chi connectivity index (χ4v) is 4.05. The Morgan fingerprint density at radius 2 is 1.68 bits per heavy atom. The van der Waals surface area contributed by atoms with E-state index in [1.807, 2.05) is 24.0 Å². The molecule has 0 bridgehead atoms. The number of benzene rings is 1. The molecule has 2 aliphatic heterocycles. The number of nitrogens with zero attached hydrogens (tertiary/aromatic N) is 5. The Bertz CT molecular complexity index is 839. The van der Waals surface area contributed by atoms with Gasteiger partial charge in [-0.3, -0.25) is 4.79 Å². The number of aromatic nitrogens is 2. The quantitative estimate of drug-likeness (QED) is 0.817. The molecule has 0 saturated carbocycles. The number of carbonyl (C=O) groups is 1. The summed E-state index contributed by atoms with van der Waals surface area (Å²) in [5, 5.41) is 0. The van der Waals surface area contributed by atoms with E-state index >= 15 is 0 Å². The van der Waals surface area contributed by atoms with Crippen molar-refractivity contribution in [1.29, 1.82) is 0 Å². The molecule has 0 N–H and O–H groups in total. The number of hydrogen-bond donors (Lipinski definition) is 0. The Balaban J connectivity index is 1.38. The third-order valence-electron chi connectivity index (χ3n) is 5.61. The lowest BCUT2D eigenvalue weighted by Crippen LogP contribution is -2.49. The molecular weight excluding hydrogens is 350 g/mol. The first kappa shape index (κ1) is 18.7. The van der Waals surface area contributed by atoms with Crippen LogP contribution < -0.4 is 9.80 Å². The minimum atomic E-state index is 0.210. The highest BCUT2D eigenvalue weighted by Gasteiger charge is 2.23. The standard InChI is InChI=1S/C22H29N5O/c1-17-6-5-7-19(14-17)16-21(28)26-12-10-25(11-13-26)20-15-18(2)23-22(24-20)27-8-3-4-9-27/h5-7,14-15H,3-4,8-13,16H2,1-2H3. The summed E-state index contributed by atoms with van der Waals surface area (Å²) in [4.78, 5) is 28.7. The summed E-state index contributed by atoms with van der Waals surface area (Å²) >= 11 is 0. The number of anilines is 2. The van der Waals surface area contributed by atoms with E-state index in [0.29, 0.717) is 6.42 Å².